The van der Waals surface area contributed by atoms with E-state index in [1.165, 1.54) is 24.3 Å². The van der Waals surface area contributed by atoms with E-state index < -0.39 is 9.84 Å². The van der Waals surface area contributed by atoms with E-state index in [1.807, 2.05) is 0 Å². The molecular formula is C12H12N2O2S. The van der Waals surface area contributed by atoms with Crippen LogP contribution in [0, 0.1) is 0 Å². The van der Waals surface area contributed by atoms with Crippen LogP contribution < -0.4 is 11.5 Å². The summed E-state index contributed by atoms with van der Waals surface area (Å²) in [6.45, 7) is 0. The van der Waals surface area contributed by atoms with Crippen molar-refractivity contribution in [2.24, 2.45) is 0 Å². The zero-order valence-electron chi connectivity index (χ0n) is 9.00. The van der Waals surface area contributed by atoms with E-state index in [0.29, 0.717) is 11.4 Å². The number of nitrogens with two attached hydrogens (primary N) is 2. The monoisotopic (exact) mass is 250 g/mol. The standard InChI is InChI=1S/C12H12N2O2S/c13-9-1-5-11(6-2-9)17(15,16)12-7-3-10(14)4-8-12/h1-8H,13-14H2/i13+1,14+1. The molecule has 0 aromatic heterocycles. The first-order valence-electron chi connectivity index (χ1n) is 4.96. The summed E-state index contributed by atoms with van der Waals surface area (Å²) in [5.41, 5.74) is 12.1. The van der Waals surface area contributed by atoms with Crippen LogP contribution in [0.4, 0.5) is 11.4 Å². The van der Waals surface area contributed by atoms with E-state index in [-0.39, 0.29) is 9.79 Å². The van der Waals surface area contributed by atoms with Gasteiger partial charge in [-0.1, -0.05) is 0 Å². The van der Waals surface area contributed by atoms with Gasteiger partial charge in [-0.3, -0.25) is 0 Å². The van der Waals surface area contributed by atoms with Gasteiger partial charge in [0.25, 0.3) is 0 Å². The molecule has 17 heavy (non-hydrogen) atoms. The van der Waals surface area contributed by atoms with Crippen molar-refractivity contribution >= 4 is 21.2 Å². The van der Waals surface area contributed by atoms with Gasteiger partial charge < -0.3 is 11.5 Å². The summed E-state index contributed by atoms with van der Waals surface area (Å²) in [7, 11) is -3.48. The zero-order chi connectivity index (χ0) is 12.5. The van der Waals surface area contributed by atoms with Gasteiger partial charge in [0.05, 0.1) is 9.79 Å². The Labute approximate surface area is 99.8 Å². The third-order valence-electron chi connectivity index (χ3n) is 2.38. The van der Waals surface area contributed by atoms with Crippen molar-refractivity contribution in [2.45, 2.75) is 9.79 Å². The topological polar surface area (TPSA) is 86.2 Å². The molecule has 0 fully saturated rings. The summed E-state index contributed by atoms with van der Waals surface area (Å²) < 4.78 is 24.3. The van der Waals surface area contributed by atoms with E-state index in [0.717, 1.165) is 0 Å². The molecule has 0 saturated heterocycles. The zero-order valence-corrected chi connectivity index (χ0v) is 9.81. The van der Waals surface area contributed by atoms with E-state index >= 15 is 0 Å². The fraction of sp³-hybridized carbons (Fsp3) is 0. The molecule has 0 saturated carbocycles. The highest BCUT2D eigenvalue weighted by molar-refractivity contribution is 7.91. The molecule has 0 heterocycles. The number of hydrogen-bond donors (Lipinski definition) is 2. The minimum Gasteiger partial charge on any atom is -0.399 e. The molecule has 0 amide bonds. The summed E-state index contributed by atoms with van der Waals surface area (Å²) in [6, 6.07) is 12.2. The summed E-state index contributed by atoms with van der Waals surface area (Å²) in [6.07, 6.45) is 0. The van der Waals surface area contributed by atoms with E-state index in [9.17, 15) is 8.42 Å². The van der Waals surface area contributed by atoms with Crippen LogP contribution >= 0.6 is 0 Å². The van der Waals surface area contributed by atoms with Gasteiger partial charge in [0.2, 0.25) is 9.84 Å². The Hall–Kier alpha value is -2.01. The van der Waals surface area contributed by atoms with Crippen molar-refractivity contribution in [2.75, 3.05) is 11.5 Å². The van der Waals surface area contributed by atoms with Crippen LogP contribution in [-0.2, 0) is 9.84 Å². The predicted octanol–water partition coefficient (Wildman–Crippen LogP) is 1.68. The third-order valence-corrected chi connectivity index (χ3v) is 4.17. The molecule has 4 N–H and O–H groups in total. The van der Waals surface area contributed by atoms with Crippen LogP contribution in [-0.4, -0.2) is 8.42 Å². The second kappa shape index (κ2) is 4.10. The predicted molar refractivity (Wildman–Crippen MR) is 67.2 cm³/mol. The quantitative estimate of drug-likeness (QED) is 0.627. The number of rotatable bonds is 2. The number of benzene rings is 2. The average Bonchev–Trinajstić information content (AvgIpc) is 2.30. The highest BCUT2D eigenvalue weighted by atomic mass is 32.2. The van der Waals surface area contributed by atoms with Gasteiger partial charge in [-0.2, -0.15) is 0 Å². The van der Waals surface area contributed by atoms with Crippen molar-refractivity contribution in [3.63, 3.8) is 0 Å². The van der Waals surface area contributed by atoms with E-state index in [2.05, 4.69) is 0 Å². The Balaban J connectivity index is 2.50. The van der Waals surface area contributed by atoms with Gasteiger partial charge in [0.15, 0.2) is 0 Å². The van der Waals surface area contributed by atoms with Gasteiger partial charge in [-0.25, -0.2) is 8.42 Å². The fourth-order valence-electron chi connectivity index (χ4n) is 1.43. The highest BCUT2D eigenvalue weighted by Gasteiger charge is 2.16. The van der Waals surface area contributed by atoms with Crippen LogP contribution in [0.2, 0.25) is 0 Å². The Kier molecular flexibility index (Phi) is 2.77. The molecule has 88 valence electrons. The molecule has 0 radical (unpaired) electrons. The van der Waals surface area contributed by atoms with E-state index in [4.69, 9.17) is 11.5 Å². The van der Waals surface area contributed by atoms with Crippen molar-refractivity contribution in [1.29, 1.82) is 0 Å². The largest absolute Gasteiger partial charge is 0.399 e. The Morgan fingerprint density at radius 3 is 1.24 bits per heavy atom. The van der Waals surface area contributed by atoms with Crippen LogP contribution in [0.1, 0.15) is 0 Å². The van der Waals surface area contributed by atoms with Gasteiger partial charge in [0.1, 0.15) is 0 Å². The first-order valence-corrected chi connectivity index (χ1v) is 6.44. The lowest BCUT2D eigenvalue weighted by molar-refractivity contribution is 0.596. The van der Waals surface area contributed by atoms with E-state index in [1.54, 1.807) is 24.3 Å². The average molecular weight is 250 g/mol. The van der Waals surface area contributed by atoms with Crippen LogP contribution in [0.25, 0.3) is 0 Å². The third kappa shape index (κ3) is 2.24. The molecule has 5 heteroatoms. The maximum absolute atomic E-state index is 12.2. The van der Waals surface area contributed by atoms with Gasteiger partial charge in [0, 0.05) is 11.4 Å². The second-order valence-electron chi connectivity index (χ2n) is 3.64. The Morgan fingerprint density at radius 1 is 0.647 bits per heavy atom. The van der Waals surface area contributed by atoms with Gasteiger partial charge >= 0.3 is 0 Å². The molecule has 0 aliphatic carbocycles. The molecular weight excluding hydrogens is 238 g/mol. The SMILES string of the molecule is [15NH2]c1ccc(S(=O)(=O)c2ccc([15NH2])cc2)cc1. The van der Waals surface area contributed by atoms with Crippen LogP contribution in [0.5, 0.6) is 0 Å². The summed E-state index contributed by atoms with van der Waals surface area (Å²) in [4.78, 5) is 0.438. The number of sulfone groups is 1. The Bertz CT molecular complexity index is 565. The van der Waals surface area contributed by atoms with Crippen molar-refractivity contribution in [3.05, 3.63) is 48.5 Å². The first-order chi connectivity index (χ1) is 8.00. The molecule has 0 aliphatic heterocycles. The minimum absolute atomic E-state index is 0.219. The maximum atomic E-state index is 12.2. The molecule has 0 atom stereocenters. The number of nitrogen functional groups attached to an aromatic ring is 2. The molecule has 2 rings (SSSR count). The molecule has 4 nitrogen and oxygen atoms in total. The summed E-state index contributed by atoms with van der Waals surface area (Å²) in [5, 5.41) is 0. The smallest absolute Gasteiger partial charge is 0.206 e. The number of anilines is 2. The highest BCUT2D eigenvalue weighted by Crippen LogP contribution is 2.22. The molecule has 2 aromatic rings. The van der Waals surface area contributed by atoms with Gasteiger partial charge in [-0.15, -0.1) is 0 Å². The molecule has 0 spiro atoms. The van der Waals surface area contributed by atoms with Gasteiger partial charge in [-0.05, 0) is 48.5 Å². The maximum Gasteiger partial charge on any atom is 0.206 e. The lowest BCUT2D eigenvalue weighted by Gasteiger charge is -2.05. The molecule has 2 aromatic carbocycles. The van der Waals surface area contributed by atoms with Crippen molar-refractivity contribution in [1.82, 2.24) is 0 Å². The van der Waals surface area contributed by atoms with Crippen LogP contribution in [0.3, 0.4) is 0 Å². The normalized spacial score (nSPS) is 11.3. The van der Waals surface area contributed by atoms with Crippen LogP contribution in [0.15, 0.2) is 58.3 Å². The molecule has 0 bridgehead atoms. The van der Waals surface area contributed by atoms with Crippen molar-refractivity contribution < 1.29 is 8.42 Å². The van der Waals surface area contributed by atoms with Crippen molar-refractivity contribution in [3.8, 4) is 0 Å². The minimum atomic E-state index is -3.48. The lowest BCUT2D eigenvalue weighted by Crippen LogP contribution is -2.02. The lowest BCUT2D eigenvalue weighted by atomic mass is 10.3. The fourth-order valence-corrected chi connectivity index (χ4v) is 2.69. The summed E-state index contributed by atoms with van der Waals surface area (Å²) >= 11 is 0. The molecule has 0 aliphatic rings. The summed E-state index contributed by atoms with van der Waals surface area (Å²) in [5.74, 6) is 0. The molecule has 0 unspecified atom stereocenters. The number of hydrogen-bond acceptors (Lipinski definition) is 4. The first kappa shape index (κ1) is 11.5. The second-order valence-corrected chi connectivity index (χ2v) is 5.59. The Morgan fingerprint density at radius 2 is 0.941 bits per heavy atom.